The Kier molecular flexibility index (Phi) is 4.21. The molecule has 0 atom stereocenters. The molecule has 0 spiro atoms. The van der Waals surface area contributed by atoms with E-state index in [0.29, 0.717) is 0 Å². The van der Waals surface area contributed by atoms with Crippen LogP contribution in [-0.4, -0.2) is 12.2 Å². The van der Waals surface area contributed by atoms with Crippen molar-refractivity contribution in [3.8, 4) is 0 Å². The lowest BCUT2D eigenvalue weighted by molar-refractivity contribution is 0.511. The van der Waals surface area contributed by atoms with Gasteiger partial charge in [0, 0.05) is 0 Å². The Labute approximate surface area is 113 Å². The molecule has 0 bridgehead atoms. The van der Waals surface area contributed by atoms with E-state index in [1.165, 1.54) is 0 Å². The number of carbonyl (C=O) groups excluding carboxylic acids is 2. The summed E-state index contributed by atoms with van der Waals surface area (Å²) in [5.74, 6) is 0. The van der Waals surface area contributed by atoms with Crippen LogP contribution in [0.25, 0.3) is 0 Å². The fraction of sp³-hybridized carbons (Fsp3) is 0.467. The molecular formula is C15H18N2O2. The number of benzene rings is 1. The number of aliphatic imine (C=N–C) groups is 2. The molecule has 0 unspecified atom stereocenters. The van der Waals surface area contributed by atoms with Gasteiger partial charge in [-0.25, -0.2) is 9.59 Å². The fourth-order valence-corrected chi connectivity index (χ4v) is 2.01. The van der Waals surface area contributed by atoms with Crippen LogP contribution in [0.3, 0.4) is 0 Å². The van der Waals surface area contributed by atoms with Crippen LogP contribution in [0.2, 0.25) is 0 Å². The van der Waals surface area contributed by atoms with Crippen LogP contribution in [0.1, 0.15) is 44.4 Å². The molecule has 100 valence electrons. The van der Waals surface area contributed by atoms with Crippen LogP contribution < -0.4 is 0 Å². The molecule has 0 aliphatic rings. The second-order valence-electron chi connectivity index (χ2n) is 5.55. The number of isocyanates is 2. The van der Waals surface area contributed by atoms with Crippen LogP contribution in [0, 0.1) is 6.92 Å². The maximum Gasteiger partial charge on any atom is 0.235 e. The summed E-state index contributed by atoms with van der Waals surface area (Å²) >= 11 is 0. The average molecular weight is 258 g/mol. The second-order valence-corrected chi connectivity index (χ2v) is 5.55. The first kappa shape index (κ1) is 15.0. The highest BCUT2D eigenvalue weighted by molar-refractivity contribution is 5.44. The molecule has 1 aromatic carbocycles. The highest BCUT2D eigenvalue weighted by Gasteiger charge is 2.26. The predicted molar refractivity (Wildman–Crippen MR) is 73.5 cm³/mol. The van der Waals surface area contributed by atoms with Crippen molar-refractivity contribution in [1.82, 2.24) is 0 Å². The van der Waals surface area contributed by atoms with Crippen molar-refractivity contribution in [2.24, 2.45) is 9.98 Å². The van der Waals surface area contributed by atoms with E-state index in [2.05, 4.69) is 9.98 Å². The van der Waals surface area contributed by atoms with E-state index in [1.54, 1.807) is 12.2 Å². The van der Waals surface area contributed by atoms with Crippen LogP contribution in [0.4, 0.5) is 0 Å². The molecule has 4 heteroatoms. The Bertz CT molecular complexity index is 576. The van der Waals surface area contributed by atoms with Gasteiger partial charge < -0.3 is 0 Å². The van der Waals surface area contributed by atoms with Crippen LogP contribution >= 0.6 is 0 Å². The Morgan fingerprint density at radius 3 is 2.00 bits per heavy atom. The molecule has 0 radical (unpaired) electrons. The predicted octanol–water partition coefficient (Wildman–Crippen LogP) is 3.14. The Morgan fingerprint density at radius 2 is 1.47 bits per heavy atom. The monoisotopic (exact) mass is 258 g/mol. The zero-order valence-electron chi connectivity index (χ0n) is 11.9. The van der Waals surface area contributed by atoms with Crippen molar-refractivity contribution in [1.29, 1.82) is 0 Å². The second kappa shape index (κ2) is 5.31. The molecule has 0 aliphatic carbocycles. The van der Waals surface area contributed by atoms with Crippen LogP contribution in [0.15, 0.2) is 28.2 Å². The molecule has 0 aromatic heterocycles. The van der Waals surface area contributed by atoms with Crippen molar-refractivity contribution in [2.75, 3.05) is 0 Å². The van der Waals surface area contributed by atoms with Crippen molar-refractivity contribution in [3.63, 3.8) is 0 Å². The van der Waals surface area contributed by atoms with Crippen LogP contribution in [0.5, 0.6) is 0 Å². The zero-order valence-corrected chi connectivity index (χ0v) is 11.9. The quantitative estimate of drug-likeness (QED) is 0.615. The van der Waals surface area contributed by atoms with Gasteiger partial charge in [-0.2, -0.15) is 9.98 Å². The van der Waals surface area contributed by atoms with Gasteiger partial charge in [0.15, 0.2) is 0 Å². The lowest BCUT2D eigenvalue weighted by atomic mass is 9.85. The van der Waals surface area contributed by atoms with E-state index in [0.717, 1.165) is 16.7 Å². The van der Waals surface area contributed by atoms with Gasteiger partial charge in [0.2, 0.25) is 12.2 Å². The summed E-state index contributed by atoms with van der Waals surface area (Å²) in [5, 5.41) is 0. The number of nitrogens with zero attached hydrogens (tertiary/aromatic N) is 2. The van der Waals surface area contributed by atoms with Gasteiger partial charge in [-0.15, -0.1) is 0 Å². The van der Waals surface area contributed by atoms with E-state index in [9.17, 15) is 9.59 Å². The first-order valence-electron chi connectivity index (χ1n) is 6.04. The highest BCUT2D eigenvalue weighted by Crippen LogP contribution is 2.32. The normalized spacial score (nSPS) is 11.4. The summed E-state index contributed by atoms with van der Waals surface area (Å²) in [4.78, 5) is 28.7. The number of rotatable bonds is 4. The van der Waals surface area contributed by atoms with Crippen LogP contribution in [-0.2, 0) is 20.7 Å². The smallest absolute Gasteiger partial charge is 0.211 e. The van der Waals surface area contributed by atoms with Crippen molar-refractivity contribution >= 4 is 12.2 Å². The lowest BCUT2D eigenvalue weighted by Crippen LogP contribution is -2.19. The third-order valence-electron chi connectivity index (χ3n) is 3.25. The first-order chi connectivity index (χ1) is 8.74. The first-order valence-corrected chi connectivity index (χ1v) is 6.04. The lowest BCUT2D eigenvalue weighted by Gasteiger charge is -2.25. The van der Waals surface area contributed by atoms with E-state index in [4.69, 9.17) is 0 Å². The molecule has 0 saturated heterocycles. The maximum absolute atomic E-state index is 10.5. The standard InChI is InChI=1S/C15H18N2O2/c1-11-6-7-12(14(2,3)16-9-18)8-13(11)15(4,5)17-10-19/h6-8H,1-5H3. The highest BCUT2D eigenvalue weighted by atomic mass is 16.1. The van der Waals surface area contributed by atoms with Crippen molar-refractivity contribution in [3.05, 3.63) is 34.9 Å². The Morgan fingerprint density at radius 1 is 0.947 bits per heavy atom. The van der Waals surface area contributed by atoms with E-state index in [1.807, 2.05) is 52.8 Å². The van der Waals surface area contributed by atoms with Gasteiger partial charge in [0.05, 0.1) is 11.1 Å². The maximum atomic E-state index is 10.5. The minimum Gasteiger partial charge on any atom is -0.211 e. The van der Waals surface area contributed by atoms with E-state index >= 15 is 0 Å². The van der Waals surface area contributed by atoms with Gasteiger partial charge >= 0.3 is 0 Å². The molecule has 0 N–H and O–H groups in total. The third-order valence-corrected chi connectivity index (χ3v) is 3.25. The van der Waals surface area contributed by atoms with Gasteiger partial charge in [0.1, 0.15) is 0 Å². The SMILES string of the molecule is Cc1ccc(C(C)(C)N=C=O)cc1C(C)(C)N=C=O. The summed E-state index contributed by atoms with van der Waals surface area (Å²) in [6, 6.07) is 5.78. The summed E-state index contributed by atoms with van der Waals surface area (Å²) in [5.41, 5.74) is 1.53. The number of hydrogen-bond acceptors (Lipinski definition) is 4. The summed E-state index contributed by atoms with van der Waals surface area (Å²) in [6.07, 6.45) is 3.20. The summed E-state index contributed by atoms with van der Waals surface area (Å²) in [7, 11) is 0. The van der Waals surface area contributed by atoms with Crippen molar-refractivity contribution in [2.45, 2.75) is 45.7 Å². The zero-order chi connectivity index (χ0) is 14.7. The summed E-state index contributed by atoms with van der Waals surface area (Å²) in [6.45, 7) is 9.32. The molecule has 0 heterocycles. The molecular weight excluding hydrogens is 240 g/mol. The molecule has 1 aromatic rings. The minimum atomic E-state index is -0.650. The van der Waals surface area contributed by atoms with Gasteiger partial charge in [0.25, 0.3) is 0 Å². The van der Waals surface area contributed by atoms with E-state index in [-0.39, 0.29) is 0 Å². The topological polar surface area (TPSA) is 58.9 Å². The molecule has 0 aliphatic heterocycles. The minimum absolute atomic E-state index is 0.648. The van der Waals surface area contributed by atoms with E-state index < -0.39 is 11.1 Å². The molecule has 0 amide bonds. The van der Waals surface area contributed by atoms with Gasteiger partial charge in [-0.05, 0) is 51.3 Å². The molecule has 0 saturated carbocycles. The van der Waals surface area contributed by atoms with Gasteiger partial charge in [-0.3, -0.25) is 0 Å². The largest absolute Gasteiger partial charge is 0.235 e. The van der Waals surface area contributed by atoms with Gasteiger partial charge in [-0.1, -0.05) is 18.2 Å². The molecule has 1 rings (SSSR count). The summed E-state index contributed by atoms with van der Waals surface area (Å²) < 4.78 is 0. The number of aryl methyl sites for hydroxylation is 1. The molecule has 0 fully saturated rings. The third kappa shape index (κ3) is 3.25. The molecule has 4 nitrogen and oxygen atoms in total. The number of hydrogen-bond donors (Lipinski definition) is 0. The Balaban J connectivity index is 3.45. The van der Waals surface area contributed by atoms with Crippen molar-refractivity contribution < 1.29 is 9.59 Å². The Hall–Kier alpha value is -2.02. The average Bonchev–Trinajstić information content (AvgIpc) is 2.28. The molecule has 19 heavy (non-hydrogen) atoms. The fourth-order valence-electron chi connectivity index (χ4n) is 2.01.